The number of carbonyl (C=O) groups excluding carboxylic acids is 1. The van der Waals surface area contributed by atoms with Crippen LogP contribution < -0.4 is 0 Å². The van der Waals surface area contributed by atoms with Gasteiger partial charge >= 0.3 is 7.60 Å². The monoisotopic (exact) mass is 528 g/mol. The van der Waals surface area contributed by atoms with E-state index < -0.39 is 16.0 Å². The Morgan fingerprint density at radius 3 is 1.83 bits per heavy atom. The first kappa shape index (κ1) is 28.4. The van der Waals surface area contributed by atoms with Crippen molar-refractivity contribution in [2.45, 2.75) is 33.9 Å². The maximum absolute atomic E-state index is 13.4. The van der Waals surface area contributed by atoms with Crippen LogP contribution in [0.25, 0.3) is 22.3 Å². The van der Waals surface area contributed by atoms with E-state index in [1.54, 1.807) is 19.9 Å². The molecule has 3 aromatic carbocycles. The van der Waals surface area contributed by atoms with E-state index in [4.69, 9.17) is 18.1 Å². The molecule has 0 spiro atoms. The molecule has 0 heterocycles. The summed E-state index contributed by atoms with van der Waals surface area (Å²) < 4.78 is 35.6. The lowest BCUT2D eigenvalue weighted by Gasteiger charge is -2.20. The molecule has 0 aliphatic rings. The van der Waals surface area contributed by atoms with Crippen LogP contribution in [0.4, 0.5) is 0 Å². The fourth-order valence-corrected chi connectivity index (χ4v) is 6.68. The summed E-state index contributed by atoms with van der Waals surface area (Å²) in [6, 6.07) is 23.6. The molecule has 0 radical (unpaired) electrons. The van der Waals surface area contributed by atoms with Crippen LogP contribution in [0.15, 0.2) is 72.8 Å². The summed E-state index contributed by atoms with van der Waals surface area (Å²) >= 11 is 0. The first-order valence-electron chi connectivity index (χ1n) is 12.2. The Morgan fingerprint density at radius 1 is 0.722 bits per heavy atom. The van der Waals surface area contributed by atoms with Gasteiger partial charge in [0.2, 0.25) is 13.9 Å². The summed E-state index contributed by atoms with van der Waals surface area (Å²) in [7, 11) is -5.06. The summed E-state index contributed by atoms with van der Waals surface area (Å²) in [5.41, 5.74) is 4.96. The van der Waals surface area contributed by atoms with Crippen LogP contribution in [0.2, 0.25) is 0 Å². The van der Waals surface area contributed by atoms with Gasteiger partial charge in [0.1, 0.15) is 0 Å². The first-order chi connectivity index (χ1) is 17.4. The molecule has 0 atom stereocenters. The molecule has 0 bridgehead atoms. The second-order valence-electron chi connectivity index (χ2n) is 7.82. The second kappa shape index (κ2) is 13.9. The van der Waals surface area contributed by atoms with E-state index in [-0.39, 0.29) is 24.9 Å². The molecule has 0 saturated carbocycles. The van der Waals surface area contributed by atoms with E-state index in [1.165, 1.54) is 0 Å². The van der Waals surface area contributed by atoms with Gasteiger partial charge in [-0.3, -0.25) is 9.36 Å². The molecule has 0 aliphatic heterocycles. The van der Waals surface area contributed by atoms with Gasteiger partial charge < -0.3 is 18.1 Å². The van der Waals surface area contributed by atoms with Crippen molar-refractivity contribution in [1.82, 2.24) is 0 Å². The predicted octanol–water partition coefficient (Wildman–Crippen LogP) is 8.31. The SMILES string of the molecule is CCOP(OCC)C(=O)c1ccc(CP(=O)(OCC)OCC)c(-c2ccc(-c3ccccc3)cc2)c1. The van der Waals surface area contributed by atoms with Crippen LogP contribution in [0.5, 0.6) is 0 Å². The molecule has 36 heavy (non-hydrogen) atoms. The number of hydrogen-bond acceptors (Lipinski definition) is 6. The third kappa shape index (κ3) is 7.43. The normalized spacial score (nSPS) is 11.7. The highest BCUT2D eigenvalue weighted by molar-refractivity contribution is 7.66. The highest BCUT2D eigenvalue weighted by atomic mass is 31.2. The molecule has 6 nitrogen and oxygen atoms in total. The fourth-order valence-electron chi connectivity index (χ4n) is 3.81. The van der Waals surface area contributed by atoms with Crippen molar-refractivity contribution in [3.05, 3.63) is 83.9 Å². The second-order valence-corrected chi connectivity index (χ2v) is 11.3. The highest BCUT2D eigenvalue weighted by Gasteiger charge is 2.28. The molecule has 3 aromatic rings. The molecule has 192 valence electrons. The quantitative estimate of drug-likeness (QED) is 0.196. The summed E-state index contributed by atoms with van der Waals surface area (Å²) in [4.78, 5) is 13.2. The Hall–Kier alpha value is -2.17. The minimum Gasteiger partial charge on any atom is -0.329 e. The van der Waals surface area contributed by atoms with Gasteiger partial charge in [-0.25, -0.2) is 0 Å². The van der Waals surface area contributed by atoms with E-state index in [0.29, 0.717) is 18.8 Å². The average Bonchev–Trinajstić information content (AvgIpc) is 2.89. The Balaban J connectivity index is 2.05. The summed E-state index contributed by atoms with van der Waals surface area (Å²) in [5, 5.41) is 0. The Kier molecular flexibility index (Phi) is 11.0. The van der Waals surface area contributed by atoms with Gasteiger partial charge in [0.15, 0.2) is 0 Å². The first-order valence-corrected chi connectivity index (χ1v) is 15.1. The predicted molar refractivity (Wildman–Crippen MR) is 146 cm³/mol. The molecule has 0 aromatic heterocycles. The van der Waals surface area contributed by atoms with Gasteiger partial charge in [0, 0.05) is 5.56 Å². The lowest BCUT2D eigenvalue weighted by atomic mass is 9.96. The van der Waals surface area contributed by atoms with E-state index in [9.17, 15) is 9.36 Å². The van der Waals surface area contributed by atoms with Crippen LogP contribution in [0, 0.1) is 0 Å². The molecular formula is C28H34O6P2. The van der Waals surface area contributed by atoms with Gasteiger partial charge in [0.25, 0.3) is 0 Å². The van der Waals surface area contributed by atoms with Crippen LogP contribution >= 0.6 is 16.0 Å². The van der Waals surface area contributed by atoms with Crippen molar-refractivity contribution < 1.29 is 27.5 Å². The maximum Gasteiger partial charge on any atom is 0.335 e. The van der Waals surface area contributed by atoms with Crippen LogP contribution in [-0.4, -0.2) is 32.0 Å². The zero-order chi connectivity index (χ0) is 26.0. The highest BCUT2D eigenvalue weighted by Crippen LogP contribution is 2.53. The topological polar surface area (TPSA) is 71.1 Å². The molecule has 0 N–H and O–H groups in total. The number of carbonyl (C=O) groups is 1. The largest absolute Gasteiger partial charge is 0.335 e. The average molecular weight is 529 g/mol. The van der Waals surface area contributed by atoms with Gasteiger partial charge in [-0.15, -0.1) is 0 Å². The number of rotatable bonds is 14. The summed E-state index contributed by atoms with van der Waals surface area (Å²) in [6.07, 6.45) is 0.102. The summed E-state index contributed by atoms with van der Waals surface area (Å²) in [5.74, 6) is 0. The molecule has 0 fully saturated rings. The Labute approximate surface area is 215 Å². The van der Waals surface area contributed by atoms with Gasteiger partial charge in [0.05, 0.1) is 32.6 Å². The van der Waals surface area contributed by atoms with Crippen LogP contribution in [0.1, 0.15) is 43.6 Å². The number of benzene rings is 3. The Bertz CT molecular complexity index is 1150. The van der Waals surface area contributed by atoms with Gasteiger partial charge in [-0.2, -0.15) is 0 Å². The summed E-state index contributed by atoms with van der Waals surface area (Å²) in [6.45, 7) is 8.59. The van der Waals surface area contributed by atoms with E-state index in [1.807, 2.05) is 68.4 Å². The molecular weight excluding hydrogens is 494 g/mol. The number of hydrogen-bond donors (Lipinski definition) is 0. The van der Waals surface area contributed by atoms with Crippen LogP contribution in [-0.2, 0) is 28.8 Å². The van der Waals surface area contributed by atoms with Crippen molar-refractivity contribution in [3.8, 4) is 22.3 Å². The molecule has 0 aliphatic carbocycles. The van der Waals surface area contributed by atoms with E-state index in [0.717, 1.165) is 27.8 Å². The Morgan fingerprint density at radius 2 is 1.28 bits per heavy atom. The lowest BCUT2D eigenvalue weighted by molar-refractivity contribution is 0.104. The minimum atomic E-state index is -3.36. The van der Waals surface area contributed by atoms with E-state index >= 15 is 0 Å². The van der Waals surface area contributed by atoms with Gasteiger partial charge in [-0.05, 0) is 61.6 Å². The van der Waals surface area contributed by atoms with Gasteiger partial charge in [-0.1, -0.05) is 66.7 Å². The third-order valence-electron chi connectivity index (χ3n) is 5.33. The zero-order valence-electron chi connectivity index (χ0n) is 21.3. The van der Waals surface area contributed by atoms with Crippen molar-refractivity contribution in [2.75, 3.05) is 26.4 Å². The van der Waals surface area contributed by atoms with Crippen molar-refractivity contribution >= 4 is 21.5 Å². The van der Waals surface area contributed by atoms with Crippen molar-refractivity contribution in [1.29, 1.82) is 0 Å². The molecule has 8 heteroatoms. The molecule has 3 rings (SSSR count). The zero-order valence-corrected chi connectivity index (χ0v) is 23.1. The fraction of sp³-hybridized carbons (Fsp3) is 0.321. The molecule has 0 amide bonds. The lowest BCUT2D eigenvalue weighted by Crippen LogP contribution is -2.05. The smallest absolute Gasteiger partial charge is 0.329 e. The third-order valence-corrected chi connectivity index (χ3v) is 8.94. The molecule has 0 saturated heterocycles. The molecule has 0 unspecified atom stereocenters. The standard InChI is InChI=1S/C28H34O6P2/c1-5-31-35(32-6-2)28(29)25-18-19-26(21-36(30,33-7-3)34-8-4)27(20-25)24-16-14-23(15-17-24)22-12-10-9-11-13-22/h9-20H,5-8,21H2,1-4H3. The van der Waals surface area contributed by atoms with Crippen LogP contribution in [0.3, 0.4) is 0 Å². The van der Waals surface area contributed by atoms with Crippen molar-refractivity contribution in [3.63, 3.8) is 0 Å². The maximum atomic E-state index is 13.4. The minimum absolute atomic E-state index is 0.102. The van der Waals surface area contributed by atoms with E-state index in [2.05, 4.69) is 12.1 Å². The van der Waals surface area contributed by atoms with Crippen molar-refractivity contribution in [2.24, 2.45) is 0 Å².